The Morgan fingerprint density at radius 2 is 1.81 bits per heavy atom. The molecule has 0 amide bonds. The van der Waals surface area contributed by atoms with E-state index in [4.69, 9.17) is 4.74 Å². The summed E-state index contributed by atoms with van der Waals surface area (Å²) in [6.07, 6.45) is 6.00. The Morgan fingerprint density at radius 3 is 2.33 bits per heavy atom. The van der Waals surface area contributed by atoms with E-state index < -0.39 is 6.10 Å². The molecule has 0 heterocycles. The first-order chi connectivity index (χ1) is 9.85. The standard InChI is InChI=1S/C17H36N2O2/c1-14(2)10-15(3)21-12-16(20)11-18-13-17(19(4)5)8-6-7-9-17/h14-16,18,20H,6-13H2,1-5H3. The van der Waals surface area contributed by atoms with Gasteiger partial charge in [-0.2, -0.15) is 0 Å². The van der Waals surface area contributed by atoms with Gasteiger partial charge in [0.25, 0.3) is 0 Å². The van der Waals surface area contributed by atoms with Crippen LogP contribution in [0, 0.1) is 5.92 Å². The molecule has 0 saturated heterocycles. The summed E-state index contributed by atoms with van der Waals surface area (Å²) in [6.45, 7) is 8.47. The Hall–Kier alpha value is -0.160. The fourth-order valence-electron chi connectivity index (χ4n) is 3.35. The van der Waals surface area contributed by atoms with Gasteiger partial charge in [0, 0.05) is 18.6 Å². The molecular formula is C17H36N2O2. The third kappa shape index (κ3) is 6.64. The lowest BCUT2D eigenvalue weighted by Crippen LogP contribution is -2.51. The molecule has 126 valence electrons. The number of ether oxygens (including phenoxy) is 1. The highest BCUT2D eigenvalue weighted by molar-refractivity contribution is 4.94. The summed E-state index contributed by atoms with van der Waals surface area (Å²) in [5.41, 5.74) is 0.283. The molecule has 1 saturated carbocycles. The van der Waals surface area contributed by atoms with Crippen molar-refractivity contribution in [2.24, 2.45) is 5.92 Å². The van der Waals surface area contributed by atoms with E-state index >= 15 is 0 Å². The molecule has 2 unspecified atom stereocenters. The minimum absolute atomic E-state index is 0.225. The van der Waals surface area contributed by atoms with Crippen LogP contribution < -0.4 is 5.32 Å². The van der Waals surface area contributed by atoms with Crippen molar-refractivity contribution in [2.45, 2.75) is 70.6 Å². The lowest BCUT2D eigenvalue weighted by molar-refractivity contribution is -0.00955. The highest BCUT2D eigenvalue weighted by Gasteiger charge is 2.35. The van der Waals surface area contributed by atoms with E-state index in [0.717, 1.165) is 13.0 Å². The van der Waals surface area contributed by atoms with Gasteiger partial charge in [-0.1, -0.05) is 26.7 Å². The zero-order valence-corrected chi connectivity index (χ0v) is 14.7. The Bertz CT molecular complexity index is 276. The van der Waals surface area contributed by atoms with Crippen molar-refractivity contribution < 1.29 is 9.84 Å². The largest absolute Gasteiger partial charge is 0.389 e. The minimum atomic E-state index is -0.416. The third-order valence-corrected chi connectivity index (χ3v) is 4.69. The van der Waals surface area contributed by atoms with Gasteiger partial charge in [0.05, 0.1) is 18.8 Å². The molecule has 2 N–H and O–H groups in total. The SMILES string of the molecule is CC(C)CC(C)OCC(O)CNCC1(N(C)C)CCCC1. The fraction of sp³-hybridized carbons (Fsp3) is 1.00. The normalized spacial score (nSPS) is 21.1. The van der Waals surface area contributed by atoms with Crippen molar-refractivity contribution in [3.05, 3.63) is 0 Å². The number of rotatable bonds is 10. The lowest BCUT2D eigenvalue weighted by atomic mass is 9.96. The zero-order valence-electron chi connectivity index (χ0n) is 14.7. The minimum Gasteiger partial charge on any atom is -0.389 e. The van der Waals surface area contributed by atoms with Crippen LogP contribution in [-0.2, 0) is 4.74 Å². The van der Waals surface area contributed by atoms with Crippen molar-refractivity contribution in [3.8, 4) is 0 Å². The van der Waals surface area contributed by atoms with Gasteiger partial charge < -0.3 is 20.1 Å². The van der Waals surface area contributed by atoms with Crippen LogP contribution in [0.5, 0.6) is 0 Å². The van der Waals surface area contributed by atoms with Crippen LogP contribution in [0.1, 0.15) is 52.9 Å². The molecule has 2 atom stereocenters. The molecule has 4 heteroatoms. The lowest BCUT2D eigenvalue weighted by Gasteiger charge is -2.37. The van der Waals surface area contributed by atoms with E-state index in [1.165, 1.54) is 25.7 Å². The highest BCUT2D eigenvalue weighted by Crippen LogP contribution is 2.32. The monoisotopic (exact) mass is 300 g/mol. The molecule has 0 aromatic rings. The average Bonchev–Trinajstić information content (AvgIpc) is 2.85. The third-order valence-electron chi connectivity index (χ3n) is 4.69. The number of likely N-dealkylation sites (N-methyl/N-ethyl adjacent to an activating group) is 1. The van der Waals surface area contributed by atoms with E-state index in [1.54, 1.807) is 0 Å². The Morgan fingerprint density at radius 1 is 1.19 bits per heavy atom. The van der Waals surface area contributed by atoms with Gasteiger partial charge in [-0.3, -0.25) is 0 Å². The quantitative estimate of drug-likeness (QED) is 0.649. The molecule has 0 bridgehead atoms. The van der Waals surface area contributed by atoms with Crippen molar-refractivity contribution in [1.82, 2.24) is 10.2 Å². The topological polar surface area (TPSA) is 44.7 Å². The summed E-state index contributed by atoms with van der Waals surface area (Å²) in [6, 6.07) is 0. The van der Waals surface area contributed by atoms with Gasteiger partial charge in [-0.05, 0) is 46.2 Å². The van der Waals surface area contributed by atoms with Crippen LogP contribution in [0.3, 0.4) is 0 Å². The number of aliphatic hydroxyl groups excluding tert-OH is 1. The molecule has 0 aliphatic heterocycles. The second kappa shape index (κ2) is 9.09. The van der Waals surface area contributed by atoms with Crippen LogP contribution >= 0.6 is 0 Å². The summed E-state index contributed by atoms with van der Waals surface area (Å²) >= 11 is 0. The molecule has 0 aromatic carbocycles. The second-order valence-corrected chi connectivity index (χ2v) is 7.38. The van der Waals surface area contributed by atoms with Crippen molar-refractivity contribution >= 4 is 0 Å². The first-order valence-electron chi connectivity index (χ1n) is 8.53. The van der Waals surface area contributed by atoms with Gasteiger partial charge in [0.1, 0.15) is 0 Å². The van der Waals surface area contributed by atoms with Crippen molar-refractivity contribution in [2.75, 3.05) is 33.8 Å². The second-order valence-electron chi connectivity index (χ2n) is 7.38. The summed E-state index contributed by atoms with van der Waals surface area (Å²) in [5.74, 6) is 0.637. The number of hydrogen-bond acceptors (Lipinski definition) is 4. The number of nitrogens with zero attached hydrogens (tertiary/aromatic N) is 1. The van der Waals surface area contributed by atoms with Gasteiger partial charge in [0.2, 0.25) is 0 Å². The van der Waals surface area contributed by atoms with Gasteiger partial charge in [-0.25, -0.2) is 0 Å². The maximum Gasteiger partial charge on any atom is 0.0897 e. The smallest absolute Gasteiger partial charge is 0.0897 e. The predicted molar refractivity (Wildman–Crippen MR) is 88.6 cm³/mol. The van der Waals surface area contributed by atoms with Crippen LogP contribution in [0.15, 0.2) is 0 Å². The molecule has 0 radical (unpaired) electrons. The van der Waals surface area contributed by atoms with E-state index in [-0.39, 0.29) is 11.6 Å². The van der Waals surface area contributed by atoms with Crippen LogP contribution in [0.4, 0.5) is 0 Å². The Balaban J connectivity index is 2.19. The van der Waals surface area contributed by atoms with E-state index in [9.17, 15) is 5.11 Å². The zero-order chi connectivity index (χ0) is 15.9. The predicted octanol–water partition coefficient (Wildman–Crippen LogP) is 2.26. The van der Waals surface area contributed by atoms with Gasteiger partial charge in [-0.15, -0.1) is 0 Å². The molecule has 4 nitrogen and oxygen atoms in total. The highest BCUT2D eigenvalue weighted by atomic mass is 16.5. The molecule has 1 rings (SSSR count). The van der Waals surface area contributed by atoms with E-state index in [0.29, 0.717) is 19.1 Å². The number of nitrogens with one attached hydrogen (secondary N) is 1. The summed E-state index contributed by atoms with van der Waals surface area (Å²) in [5, 5.41) is 13.5. The van der Waals surface area contributed by atoms with Gasteiger partial charge in [0.15, 0.2) is 0 Å². The van der Waals surface area contributed by atoms with E-state index in [1.807, 2.05) is 0 Å². The summed E-state index contributed by atoms with van der Waals surface area (Å²) in [7, 11) is 4.33. The van der Waals surface area contributed by atoms with Gasteiger partial charge >= 0.3 is 0 Å². The number of hydrogen-bond donors (Lipinski definition) is 2. The summed E-state index contributed by atoms with van der Waals surface area (Å²) < 4.78 is 5.71. The average molecular weight is 300 g/mol. The van der Waals surface area contributed by atoms with Crippen molar-refractivity contribution in [3.63, 3.8) is 0 Å². The molecule has 1 aliphatic rings. The first kappa shape index (κ1) is 18.9. The Kier molecular flexibility index (Phi) is 8.17. The maximum absolute atomic E-state index is 10.0. The molecule has 1 aliphatic carbocycles. The number of aliphatic hydroxyl groups is 1. The van der Waals surface area contributed by atoms with Crippen LogP contribution in [0.25, 0.3) is 0 Å². The van der Waals surface area contributed by atoms with E-state index in [2.05, 4.69) is 45.1 Å². The van der Waals surface area contributed by atoms with Crippen LogP contribution in [0.2, 0.25) is 0 Å². The fourth-order valence-corrected chi connectivity index (χ4v) is 3.35. The molecular weight excluding hydrogens is 264 g/mol. The van der Waals surface area contributed by atoms with Crippen LogP contribution in [-0.4, -0.2) is 61.5 Å². The molecule has 1 fully saturated rings. The summed E-state index contributed by atoms with van der Waals surface area (Å²) in [4.78, 5) is 2.35. The first-order valence-corrected chi connectivity index (χ1v) is 8.53. The van der Waals surface area contributed by atoms with Crippen molar-refractivity contribution in [1.29, 1.82) is 0 Å². The molecule has 0 spiro atoms. The molecule has 21 heavy (non-hydrogen) atoms. The maximum atomic E-state index is 10.0. The Labute approximate surface area is 131 Å². The molecule has 0 aromatic heterocycles.